The lowest BCUT2D eigenvalue weighted by Gasteiger charge is -2.21. The third-order valence-electron chi connectivity index (χ3n) is 4.70. The Kier molecular flexibility index (Phi) is 3.60. The van der Waals surface area contributed by atoms with Gasteiger partial charge >= 0.3 is 0 Å². The molecule has 0 saturated heterocycles. The summed E-state index contributed by atoms with van der Waals surface area (Å²) in [6.45, 7) is 6.22. The van der Waals surface area contributed by atoms with Gasteiger partial charge in [0.05, 0.1) is 28.0 Å². The maximum absolute atomic E-state index is 13.2. The smallest absolute Gasteiger partial charge is 0.265 e. The number of hydrogen-bond donors (Lipinski definition) is 0. The second-order valence-corrected chi connectivity index (χ2v) is 8.45. The second kappa shape index (κ2) is 5.55. The van der Waals surface area contributed by atoms with Crippen molar-refractivity contribution < 1.29 is 0 Å². The predicted octanol–water partition coefficient (Wildman–Crippen LogP) is 4.19. The number of thiophene rings is 1. The van der Waals surface area contributed by atoms with Crippen LogP contribution in [0.4, 0.5) is 0 Å². The molecular weight excluding hydrogens is 320 g/mol. The maximum atomic E-state index is 13.2. The van der Waals surface area contributed by atoms with Crippen molar-refractivity contribution in [1.29, 1.82) is 0 Å². The lowest BCUT2D eigenvalue weighted by atomic mass is 10.1. The molecule has 3 aromatic heterocycles. The molecular formula is C18H22N4OS. The van der Waals surface area contributed by atoms with E-state index < -0.39 is 0 Å². The highest BCUT2D eigenvalue weighted by molar-refractivity contribution is 7.13. The van der Waals surface area contributed by atoms with E-state index in [-0.39, 0.29) is 17.1 Å². The van der Waals surface area contributed by atoms with Crippen LogP contribution in [0.2, 0.25) is 0 Å². The molecule has 0 spiro atoms. The molecule has 126 valence electrons. The molecule has 0 aliphatic heterocycles. The van der Waals surface area contributed by atoms with Crippen LogP contribution in [0, 0.1) is 0 Å². The molecule has 24 heavy (non-hydrogen) atoms. The van der Waals surface area contributed by atoms with Crippen molar-refractivity contribution in [3.05, 3.63) is 34.1 Å². The molecule has 1 aliphatic carbocycles. The molecule has 1 fully saturated rings. The van der Waals surface area contributed by atoms with Crippen LogP contribution in [0.1, 0.15) is 52.5 Å². The molecule has 0 amide bonds. The van der Waals surface area contributed by atoms with Crippen LogP contribution in [0.5, 0.6) is 0 Å². The van der Waals surface area contributed by atoms with Crippen LogP contribution in [-0.4, -0.2) is 19.6 Å². The van der Waals surface area contributed by atoms with Crippen LogP contribution in [0.3, 0.4) is 0 Å². The number of rotatable bonds is 2. The molecule has 4 rings (SSSR count). The highest BCUT2D eigenvalue weighted by Crippen LogP contribution is 2.33. The Morgan fingerprint density at radius 1 is 1.25 bits per heavy atom. The number of nitrogens with zero attached hydrogens (tertiary/aromatic N) is 4. The van der Waals surface area contributed by atoms with Crippen LogP contribution >= 0.6 is 11.3 Å². The van der Waals surface area contributed by atoms with Crippen molar-refractivity contribution in [2.75, 3.05) is 0 Å². The highest BCUT2D eigenvalue weighted by Gasteiger charge is 2.27. The SMILES string of the molecule is CC(C)(C)n1ncc2c(-c3cccs3)nn(C3CCCC3)c(=O)c21. The summed E-state index contributed by atoms with van der Waals surface area (Å²) < 4.78 is 3.59. The van der Waals surface area contributed by atoms with Gasteiger partial charge in [-0.3, -0.25) is 9.48 Å². The van der Waals surface area contributed by atoms with Gasteiger partial charge in [0.2, 0.25) is 0 Å². The van der Waals surface area contributed by atoms with E-state index in [4.69, 9.17) is 5.10 Å². The fourth-order valence-corrected chi connectivity index (χ4v) is 4.27. The van der Waals surface area contributed by atoms with Crippen molar-refractivity contribution in [3.63, 3.8) is 0 Å². The first-order chi connectivity index (χ1) is 11.5. The van der Waals surface area contributed by atoms with Gasteiger partial charge in [0.1, 0.15) is 11.2 Å². The van der Waals surface area contributed by atoms with E-state index in [1.54, 1.807) is 22.2 Å². The summed E-state index contributed by atoms with van der Waals surface area (Å²) in [5.41, 5.74) is 1.29. The van der Waals surface area contributed by atoms with Crippen molar-refractivity contribution >= 4 is 22.2 Å². The Labute approximate surface area is 144 Å². The summed E-state index contributed by atoms with van der Waals surface area (Å²) in [5, 5.41) is 12.2. The lowest BCUT2D eigenvalue weighted by molar-refractivity contribution is 0.364. The Morgan fingerprint density at radius 2 is 2.00 bits per heavy atom. The number of aromatic nitrogens is 4. The summed E-state index contributed by atoms with van der Waals surface area (Å²) in [5.74, 6) is 0. The molecule has 0 radical (unpaired) electrons. The molecule has 6 heteroatoms. The van der Waals surface area contributed by atoms with Crippen LogP contribution < -0.4 is 5.56 Å². The van der Waals surface area contributed by atoms with Crippen LogP contribution in [-0.2, 0) is 5.54 Å². The molecule has 1 aliphatic rings. The molecule has 0 aromatic carbocycles. The van der Waals surface area contributed by atoms with E-state index in [1.807, 2.05) is 16.1 Å². The zero-order chi connectivity index (χ0) is 16.9. The minimum atomic E-state index is -0.248. The summed E-state index contributed by atoms with van der Waals surface area (Å²) in [6, 6.07) is 4.29. The Balaban J connectivity index is 2.06. The van der Waals surface area contributed by atoms with Gasteiger partial charge in [0.15, 0.2) is 0 Å². The van der Waals surface area contributed by atoms with E-state index >= 15 is 0 Å². The predicted molar refractivity (Wildman–Crippen MR) is 97.6 cm³/mol. The van der Waals surface area contributed by atoms with Crippen molar-refractivity contribution in [2.24, 2.45) is 0 Å². The molecule has 1 saturated carbocycles. The first kappa shape index (κ1) is 15.6. The Bertz CT molecular complexity index is 924. The number of fused-ring (bicyclic) bond motifs is 1. The van der Waals surface area contributed by atoms with E-state index in [0.717, 1.165) is 28.8 Å². The molecule has 5 nitrogen and oxygen atoms in total. The van der Waals surface area contributed by atoms with Crippen LogP contribution in [0.25, 0.3) is 21.5 Å². The Hall–Kier alpha value is -1.95. The molecule has 0 bridgehead atoms. The first-order valence-corrected chi connectivity index (χ1v) is 9.39. The molecule has 3 aromatic rings. The monoisotopic (exact) mass is 342 g/mol. The summed E-state index contributed by atoms with van der Waals surface area (Å²) >= 11 is 1.65. The standard InChI is InChI=1S/C18H22N4OS/c1-18(2,3)22-16-13(11-19-22)15(14-9-6-10-24-14)20-21(17(16)23)12-7-4-5-8-12/h6,9-12H,4-5,7-8H2,1-3H3. The summed E-state index contributed by atoms with van der Waals surface area (Å²) in [7, 11) is 0. The lowest BCUT2D eigenvalue weighted by Crippen LogP contribution is -2.32. The minimum absolute atomic E-state index is 0.00960. The van der Waals surface area contributed by atoms with Gasteiger partial charge in [-0.2, -0.15) is 10.2 Å². The largest absolute Gasteiger partial charge is 0.293 e. The molecule has 0 unspecified atom stereocenters. The van der Waals surface area contributed by atoms with E-state index in [2.05, 4.69) is 31.9 Å². The average Bonchev–Trinajstić information content (AvgIpc) is 3.28. The normalized spacial score (nSPS) is 16.3. The van der Waals surface area contributed by atoms with Gasteiger partial charge in [-0.25, -0.2) is 4.68 Å². The van der Waals surface area contributed by atoms with Gasteiger partial charge in [0.25, 0.3) is 5.56 Å². The fraction of sp³-hybridized carbons (Fsp3) is 0.500. The van der Waals surface area contributed by atoms with E-state index in [1.165, 1.54) is 12.8 Å². The van der Waals surface area contributed by atoms with Crippen molar-refractivity contribution in [3.8, 4) is 10.6 Å². The Morgan fingerprint density at radius 3 is 2.62 bits per heavy atom. The first-order valence-electron chi connectivity index (χ1n) is 8.52. The van der Waals surface area contributed by atoms with E-state index in [0.29, 0.717) is 5.52 Å². The van der Waals surface area contributed by atoms with E-state index in [9.17, 15) is 4.79 Å². The van der Waals surface area contributed by atoms with Crippen molar-refractivity contribution in [2.45, 2.75) is 58.0 Å². The zero-order valence-corrected chi connectivity index (χ0v) is 15.1. The fourth-order valence-electron chi connectivity index (χ4n) is 3.54. The number of hydrogen-bond acceptors (Lipinski definition) is 4. The van der Waals surface area contributed by atoms with Crippen molar-refractivity contribution in [1.82, 2.24) is 19.6 Å². The van der Waals surface area contributed by atoms with Gasteiger partial charge in [-0.05, 0) is 45.1 Å². The van der Waals surface area contributed by atoms with Gasteiger partial charge in [-0.1, -0.05) is 18.9 Å². The summed E-state index contributed by atoms with van der Waals surface area (Å²) in [6.07, 6.45) is 6.20. The highest BCUT2D eigenvalue weighted by atomic mass is 32.1. The van der Waals surface area contributed by atoms with Crippen LogP contribution in [0.15, 0.2) is 28.5 Å². The minimum Gasteiger partial charge on any atom is -0.265 e. The van der Waals surface area contributed by atoms with Gasteiger partial charge < -0.3 is 0 Å². The quantitative estimate of drug-likeness (QED) is 0.701. The molecule has 0 N–H and O–H groups in total. The van der Waals surface area contributed by atoms with Gasteiger partial charge in [0, 0.05) is 0 Å². The molecule has 0 atom stereocenters. The third kappa shape index (κ3) is 2.40. The zero-order valence-electron chi connectivity index (χ0n) is 14.3. The topological polar surface area (TPSA) is 52.7 Å². The second-order valence-electron chi connectivity index (χ2n) is 7.50. The summed E-state index contributed by atoms with van der Waals surface area (Å²) in [4.78, 5) is 14.3. The molecule has 3 heterocycles. The average molecular weight is 342 g/mol. The third-order valence-corrected chi connectivity index (χ3v) is 5.58. The van der Waals surface area contributed by atoms with Gasteiger partial charge in [-0.15, -0.1) is 11.3 Å². The maximum Gasteiger partial charge on any atom is 0.293 e.